The van der Waals surface area contributed by atoms with Crippen LogP contribution in [-0.2, 0) is 0 Å². The van der Waals surface area contributed by atoms with Crippen molar-refractivity contribution in [2.24, 2.45) is 0 Å². The second-order valence-corrected chi connectivity index (χ2v) is 12.5. The Bertz CT molecular complexity index is 573. The minimum Gasteiger partial charge on any atom is -0.286 e. The fourth-order valence-electron chi connectivity index (χ4n) is 3.45. The zero-order valence-electron chi connectivity index (χ0n) is 14.8. The minimum atomic E-state index is -3.64. The first-order valence-corrected chi connectivity index (χ1v) is 10.3. The predicted octanol–water partition coefficient (Wildman–Crippen LogP) is 5.73. The van der Waals surface area contributed by atoms with Gasteiger partial charge in [0.25, 0.3) is 0 Å². The summed E-state index contributed by atoms with van der Waals surface area (Å²) < 4.78 is 28.6. The highest BCUT2D eigenvalue weighted by molar-refractivity contribution is 6.90. The maximum absolute atomic E-state index is 14.3. The normalized spacial score (nSPS) is 12.5. The summed E-state index contributed by atoms with van der Waals surface area (Å²) in [6.07, 6.45) is 0. The van der Waals surface area contributed by atoms with Crippen molar-refractivity contribution in [3.8, 4) is 11.5 Å². The minimum absolute atomic E-state index is 0.00212. The molecule has 1 aromatic rings. The number of hydrogen-bond donors (Lipinski definition) is 0. The standard InChI is InChI=1S/C19H26F2OSi/c1-14(2)23(15(3)4,16(5)6)13-12-19(20,21)18(22)17-10-8-7-9-11-17/h7-11,14-16H,1-6H3. The molecule has 0 unspecified atom stereocenters. The van der Waals surface area contributed by atoms with Crippen LogP contribution in [-0.4, -0.2) is 19.8 Å². The summed E-state index contributed by atoms with van der Waals surface area (Å²) in [6, 6.07) is 7.64. The van der Waals surface area contributed by atoms with Crippen LogP contribution in [0.1, 0.15) is 51.9 Å². The van der Waals surface area contributed by atoms with E-state index in [1.165, 1.54) is 12.1 Å². The van der Waals surface area contributed by atoms with Gasteiger partial charge in [0, 0.05) is 5.56 Å². The summed E-state index contributed by atoms with van der Waals surface area (Å²) >= 11 is 0. The largest absolute Gasteiger partial charge is 0.369 e. The molecule has 1 rings (SSSR count). The van der Waals surface area contributed by atoms with Gasteiger partial charge in [0.1, 0.15) is 8.07 Å². The molecule has 0 heterocycles. The van der Waals surface area contributed by atoms with E-state index in [2.05, 4.69) is 53.0 Å². The van der Waals surface area contributed by atoms with Crippen LogP contribution >= 0.6 is 0 Å². The van der Waals surface area contributed by atoms with Gasteiger partial charge in [0.05, 0.1) is 0 Å². The van der Waals surface area contributed by atoms with Gasteiger partial charge in [-0.25, -0.2) is 0 Å². The van der Waals surface area contributed by atoms with E-state index in [0.29, 0.717) is 0 Å². The Kier molecular flexibility index (Phi) is 6.30. The van der Waals surface area contributed by atoms with Crippen LogP contribution in [0.25, 0.3) is 0 Å². The van der Waals surface area contributed by atoms with Gasteiger partial charge in [-0.2, -0.15) is 8.78 Å². The Morgan fingerprint density at radius 3 is 1.78 bits per heavy atom. The first-order chi connectivity index (χ1) is 10.6. The van der Waals surface area contributed by atoms with Crippen molar-refractivity contribution in [1.82, 2.24) is 0 Å². The number of rotatable bonds is 5. The highest BCUT2D eigenvalue weighted by atomic mass is 28.3. The van der Waals surface area contributed by atoms with E-state index in [-0.39, 0.29) is 22.2 Å². The SMILES string of the molecule is CC(C)[Si](C#CC(F)(F)C(=O)c1ccccc1)(C(C)C)C(C)C. The Hall–Kier alpha value is -1.47. The van der Waals surface area contributed by atoms with Gasteiger partial charge < -0.3 is 0 Å². The van der Waals surface area contributed by atoms with Gasteiger partial charge in [-0.15, -0.1) is 5.54 Å². The predicted molar refractivity (Wildman–Crippen MR) is 94.5 cm³/mol. The number of Topliss-reactive ketones (excluding diaryl/α,β-unsaturated/α-hetero) is 1. The Labute approximate surface area is 139 Å². The second-order valence-electron chi connectivity index (χ2n) is 6.92. The molecule has 0 fully saturated rings. The van der Waals surface area contributed by atoms with Gasteiger partial charge in [-0.1, -0.05) is 71.9 Å². The molecule has 23 heavy (non-hydrogen) atoms. The lowest BCUT2D eigenvalue weighted by Gasteiger charge is -2.38. The number of hydrogen-bond acceptors (Lipinski definition) is 1. The first kappa shape index (κ1) is 19.6. The lowest BCUT2D eigenvalue weighted by molar-refractivity contribution is 0.0428. The van der Waals surface area contributed by atoms with E-state index in [0.717, 1.165) is 0 Å². The molecule has 0 aliphatic heterocycles. The maximum atomic E-state index is 14.3. The molecule has 0 bridgehead atoms. The summed E-state index contributed by atoms with van der Waals surface area (Å²) in [5, 5.41) is 0. The van der Waals surface area contributed by atoms with Crippen LogP contribution in [0.5, 0.6) is 0 Å². The molecule has 0 saturated heterocycles. The highest BCUT2D eigenvalue weighted by Gasteiger charge is 2.44. The third kappa shape index (κ3) is 4.09. The van der Waals surface area contributed by atoms with Crippen molar-refractivity contribution >= 4 is 13.9 Å². The molecule has 0 spiro atoms. The smallest absolute Gasteiger partial charge is 0.286 e. The number of ketones is 1. The topological polar surface area (TPSA) is 17.1 Å². The summed E-state index contributed by atoms with van der Waals surface area (Å²) in [7, 11) is -2.28. The Morgan fingerprint density at radius 1 is 0.957 bits per heavy atom. The van der Waals surface area contributed by atoms with E-state index in [9.17, 15) is 13.6 Å². The summed E-state index contributed by atoms with van der Waals surface area (Å²) in [5.74, 6) is -2.79. The van der Waals surface area contributed by atoms with Gasteiger partial charge in [0.15, 0.2) is 0 Å². The maximum Gasteiger partial charge on any atom is 0.369 e. The van der Waals surface area contributed by atoms with Gasteiger partial charge in [0.2, 0.25) is 5.78 Å². The third-order valence-corrected chi connectivity index (χ3v) is 10.9. The zero-order valence-corrected chi connectivity index (χ0v) is 15.8. The molecule has 0 aromatic heterocycles. The number of carbonyl (C=O) groups excluding carboxylic acids is 1. The monoisotopic (exact) mass is 336 g/mol. The average Bonchev–Trinajstić information content (AvgIpc) is 2.46. The molecule has 1 aromatic carbocycles. The first-order valence-electron chi connectivity index (χ1n) is 8.07. The van der Waals surface area contributed by atoms with E-state index in [1.54, 1.807) is 18.2 Å². The van der Waals surface area contributed by atoms with Crippen LogP contribution in [0.15, 0.2) is 30.3 Å². The van der Waals surface area contributed by atoms with E-state index in [1.807, 2.05) is 0 Å². The molecule has 0 saturated carbocycles. The molecule has 0 amide bonds. The molecule has 1 nitrogen and oxygen atoms in total. The lowest BCUT2D eigenvalue weighted by Crippen LogP contribution is -2.44. The molecule has 4 heteroatoms. The van der Waals surface area contributed by atoms with E-state index < -0.39 is 19.8 Å². The molecular formula is C19H26F2OSi. The number of carbonyl (C=O) groups is 1. The second kappa shape index (κ2) is 7.40. The number of benzene rings is 1. The van der Waals surface area contributed by atoms with E-state index >= 15 is 0 Å². The molecule has 0 N–H and O–H groups in total. The molecule has 0 aliphatic rings. The quantitative estimate of drug-likeness (QED) is 0.381. The van der Waals surface area contributed by atoms with Crippen molar-refractivity contribution in [3.05, 3.63) is 35.9 Å². The van der Waals surface area contributed by atoms with E-state index in [4.69, 9.17) is 0 Å². The summed E-state index contributed by atoms with van der Waals surface area (Å²) in [4.78, 5) is 12.1. The fourth-order valence-corrected chi connectivity index (χ4v) is 8.69. The molecule has 0 radical (unpaired) electrons. The lowest BCUT2D eigenvalue weighted by atomic mass is 10.1. The Balaban J connectivity index is 3.27. The van der Waals surface area contributed by atoms with Crippen molar-refractivity contribution < 1.29 is 13.6 Å². The highest BCUT2D eigenvalue weighted by Crippen LogP contribution is 2.41. The van der Waals surface area contributed by atoms with Crippen LogP contribution in [0.2, 0.25) is 16.6 Å². The number of alkyl halides is 2. The van der Waals surface area contributed by atoms with Crippen molar-refractivity contribution in [1.29, 1.82) is 0 Å². The molecular weight excluding hydrogens is 310 g/mol. The Morgan fingerprint density at radius 2 is 1.39 bits per heavy atom. The van der Waals surface area contributed by atoms with Crippen molar-refractivity contribution in [3.63, 3.8) is 0 Å². The van der Waals surface area contributed by atoms with Gasteiger partial charge in [-0.3, -0.25) is 4.79 Å². The van der Waals surface area contributed by atoms with Crippen molar-refractivity contribution in [2.45, 2.75) is 64.1 Å². The van der Waals surface area contributed by atoms with Gasteiger partial charge in [-0.05, 0) is 22.5 Å². The average molecular weight is 336 g/mol. The van der Waals surface area contributed by atoms with Crippen LogP contribution in [0.4, 0.5) is 8.78 Å². The third-order valence-electron chi connectivity index (χ3n) is 4.62. The molecule has 0 atom stereocenters. The molecule has 0 aliphatic carbocycles. The summed E-state index contributed by atoms with van der Waals surface area (Å²) in [5.41, 5.74) is 3.68. The van der Waals surface area contributed by atoms with Crippen molar-refractivity contribution in [2.75, 3.05) is 0 Å². The number of halogens is 2. The summed E-state index contributed by atoms with van der Waals surface area (Å²) in [6.45, 7) is 12.3. The fraction of sp³-hybridized carbons (Fsp3) is 0.526. The molecule has 126 valence electrons. The van der Waals surface area contributed by atoms with Crippen LogP contribution < -0.4 is 0 Å². The van der Waals surface area contributed by atoms with Crippen LogP contribution in [0.3, 0.4) is 0 Å². The van der Waals surface area contributed by atoms with Crippen LogP contribution in [0, 0.1) is 11.5 Å². The zero-order chi connectivity index (χ0) is 17.8. The van der Waals surface area contributed by atoms with Gasteiger partial charge >= 0.3 is 5.92 Å².